The van der Waals surface area contributed by atoms with Crippen LogP contribution in [0, 0.1) is 13.8 Å². The van der Waals surface area contributed by atoms with E-state index in [9.17, 15) is 9.90 Å². The highest BCUT2D eigenvalue weighted by Gasteiger charge is 2.04. The summed E-state index contributed by atoms with van der Waals surface area (Å²) >= 11 is 0. The summed E-state index contributed by atoms with van der Waals surface area (Å²) in [7, 11) is 0. The van der Waals surface area contributed by atoms with Crippen LogP contribution < -0.4 is 5.43 Å². The van der Waals surface area contributed by atoms with Gasteiger partial charge in [0.25, 0.3) is 5.91 Å². The topological polar surface area (TPSA) is 74.6 Å². The minimum absolute atomic E-state index is 0.277. The first-order valence-electron chi connectivity index (χ1n) is 6.12. The molecule has 0 unspecified atom stereocenters. The maximum atomic E-state index is 11.7. The normalized spacial score (nSPS) is 10.7. The van der Waals surface area contributed by atoms with Gasteiger partial charge in [-0.2, -0.15) is 5.10 Å². The second-order valence-electron chi connectivity index (χ2n) is 4.42. The molecule has 0 aliphatic carbocycles. The van der Waals surface area contributed by atoms with Crippen LogP contribution in [-0.2, 0) is 0 Å². The largest absolute Gasteiger partial charge is 0.507 e. The fourth-order valence-electron chi connectivity index (χ4n) is 1.78. The van der Waals surface area contributed by atoms with E-state index in [-0.39, 0.29) is 11.7 Å². The molecule has 0 radical (unpaired) electrons. The second-order valence-corrected chi connectivity index (χ2v) is 4.42. The van der Waals surface area contributed by atoms with Crippen LogP contribution in [0.3, 0.4) is 0 Å². The Morgan fingerprint density at radius 1 is 1.30 bits per heavy atom. The minimum Gasteiger partial charge on any atom is -0.507 e. The highest BCUT2D eigenvalue weighted by atomic mass is 16.3. The summed E-state index contributed by atoms with van der Waals surface area (Å²) in [6.45, 7) is 3.62. The molecule has 1 heterocycles. The average molecular weight is 269 g/mol. The summed E-state index contributed by atoms with van der Waals surface area (Å²) in [4.78, 5) is 15.6. The number of phenols is 1. The van der Waals surface area contributed by atoms with Crippen molar-refractivity contribution < 1.29 is 9.90 Å². The van der Waals surface area contributed by atoms with Crippen LogP contribution >= 0.6 is 0 Å². The Balaban J connectivity index is 2.06. The van der Waals surface area contributed by atoms with E-state index in [4.69, 9.17) is 0 Å². The molecule has 0 aliphatic heterocycles. The molecule has 2 rings (SSSR count). The third-order valence-electron chi connectivity index (χ3n) is 2.79. The molecule has 2 N–H and O–H groups in total. The van der Waals surface area contributed by atoms with Gasteiger partial charge in [0.1, 0.15) is 11.4 Å². The summed E-state index contributed by atoms with van der Waals surface area (Å²) in [6, 6.07) is 8.66. The maximum absolute atomic E-state index is 11.7. The first-order chi connectivity index (χ1) is 9.58. The predicted molar refractivity (Wildman–Crippen MR) is 76.9 cm³/mol. The molecule has 102 valence electrons. The number of aryl methyl sites for hydroxylation is 2. The van der Waals surface area contributed by atoms with Crippen LogP contribution in [0.4, 0.5) is 0 Å². The number of rotatable bonds is 3. The zero-order chi connectivity index (χ0) is 14.5. The van der Waals surface area contributed by atoms with Crippen LogP contribution in [0.25, 0.3) is 0 Å². The van der Waals surface area contributed by atoms with Crippen LogP contribution in [0.1, 0.15) is 27.2 Å². The summed E-state index contributed by atoms with van der Waals surface area (Å²) in [6.07, 6.45) is 3.08. The molecule has 1 amide bonds. The lowest BCUT2D eigenvalue weighted by molar-refractivity contribution is 0.0950. The molecule has 1 aromatic heterocycles. The van der Waals surface area contributed by atoms with Crippen molar-refractivity contribution in [1.82, 2.24) is 10.4 Å². The van der Waals surface area contributed by atoms with Crippen molar-refractivity contribution in [3.8, 4) is 5.75 Å². The molecular formula is C15H15N3O2. The Morgan fingerprint density at radius 2 is 2.00 bits per heavy atom. The molecule has 0 saturated carbocycles. The Kier molecular flexibility index (Phi) is 4.10. The van der Waals surface area contributed by atoms with E-state index >= 15 is 0 Å². The molecule has 1 aromatic carbocycles. The maximum Gasteiger partial charge on any atom is 0.289 e. The molecule has 5 heteroatoms. The molecule has 5 nitrogen and oxygen atoms in total. The smallest absolute Gasteiger partial charge is 0.289 e. The van der Waals surface area contributed by atoms with Gasteiger partial charge in [-0.05, 0) is 54.8 Å². The number of hydrogen-bond donors (Lipinski definition) is 2. The van der Waals surface area contributed by atoms with Gasteiger partial charge in [-0.25, -0.2) is 5.43 Å². The van der Waals surface area contributed by atoms with E-state index in [1.54, 1.807) is 36.5 Å². The first-order valence-corrected chi connectivity index (χ1v) is 6.12. The quantitative estimate of drug-likeness (QED) is 0.662. The number of hydrogen-bond acceptors (Lipinski definition) is 4. The van der Waals surface area contributed by atoms with Crippen LogP contribution in [-0.4, -0.2) is 22.2 Å². The van der Waals surface area contributed by atoms with Crippen LogP contribution in [0.2, 0.25) is 0 Å². The van der Waals surface area contributed by atoms with Crippen molar-refractivity contribution in [3.63, 3.8) is 0 Å². The number of pyridine rings is 1. The summed E-state index contributed by atoms with van der Waals surface area (Å²) in [5.74, 6) is -0.0891. The molecule has 0 spiro atoms. The number of carbonyl (C=O) groups is 1. The molecule has 0 aliphatic rings. The Morgan fingerprint density at radius 3 is 2.60 bits per heavy atom. The Labute approximate surface area is 117 Å². The van der Waals surface area contributed by atoms with Gasteiger partial charge >= 0.3 is 0 Å². The molecular weight excluding hydrogens is 254 g/mol. The van der Waals surface area contributed by atoms with Gasteiger partial charge in [0.05, 0.1) is 6.21 Å². The lowest BCUT2D eigenvalue weighted by atomic mass is 10.1. The second kappa shape index (κ2) is 5.97. The number of nitrogens with zero attached hydrogens (tertiary/aromatic N) is 2. The lowest BCUT2D eigenvalue weighted by Crippen LogP contribution is -2.18. The molecule has 0 fully saturated rings. The SMILES string of the molecule is Cc1cc(/C=N/NC(=O)c2ccccn2)cc(C)c1O. The first kappa shape index (κ1) is 13.7. The number of carbonyl (C=O) groups excluding carboxylic acids is 1. The van der Waals surface area contributed by atoms with E-state index in [0.29, 0.717) is 5.69 Å². The fraction of sp³-hybridized carbons (Fsp3) is 0.133. The van der Waals surface area contributed by atoms with Crippen molar-refractivity contribution in [2.45, 2.75) is 13.8 Å². The third-order valence-corrected chi connectivity index (χ3v) is 2.79. The number of benzene rings is 1. The van der Waals surface area contributed by atoms with E-state index in [2.05, 4.69) is 15.5 Å². The molecule has 20 heavy (non-hydrogen) atoms. The van der Waals surface area contributed by atoms with E-state index in [1.807, 2.05) is 13.8 Å². The van der Waals surface area contributed by atoms with Crippen LogP contribution in [0.5, 0.6) is 5.75 Å². The number of phenolic OH excluding ortho intramolecular Hbond substituents is 1. The lowest BCUT2D eigenvalue weighted by Gasteiger charge is -2.04. The summed E-state index contributed by atoms with van der Waals surface area (Å²) in [5.41, 5.74) is 5.05. The predicted octanol–water partition coefficient (Wildman–Crippen LogP) is 2.17. The van der Waals surface area contributed by atoms with E-state index in [1.165, 1.54) is 6.21 Å². The number of hydrazone groups is 1. The van der Waals surface area contributed by atoms with Gasteiger partial charge in [-0.1, -0.05) is 6.07 Å². The molecule has 0 bridgehead atoms. The summed E-state index contributed by atoms with van der Waals surface area (Å²) < 4.78 is 0. The number of nitrogens with one attached hydrogen (secondary N) is 1. The standard InChI is InChI=1S/C15H15N3O2/c1-10-7-12(8-11(2)14(10)19)9-17-18-15(20)13-5-3-4-6-16-13/h3-9,19H,1-2H3,(H,18,20)/b17-9+. The van der Waals surface area contributed by atoms with Crippen molar-refractivity contribution in [2.75, 3.05) is 0 Å². The third kappa shape index (κ3) is 3.20. The summed E-state index contributed by atoms with van der Waals surface area (Å²) in [5, 5.41) is 13.6. The van der Waals surface area contributed by atoms with Gasteiger partial charge in [-0.15, -0.1) is 0 Å². The Hall–Kier alpha value is -2.69. The number of aromatic nitrogens is 1. The van der Waals surface area contributed by atoms with Gasteiger partial charge < -0.3 is 5.11 Å². The van der Waals surface area contributed by atoms with Crippen molar-refractivity contribution in [2.24, 2.45) is 5.10 Å². The molecule has 0 atom stereocenters. The van der Waals surface area contributed by atoms with E-state index < -0.39 is 0 Å². The van der Waals surface area contributed by atoms with Crippen molar-refractivity contribution >= 4 is 12.1 Å². The molecule has 0 saturated heterocycles. The van der Waals surface area contributed by atoms with Gasteiger partial charge in [0.15, 0.2) is 0 Å². The number of aromatic hydroxyl groups is 1. The average Bonchev–Trinajstić information content (AvgIpc) is 2.45. The van der Waals surface area contributed by atoms with Gasteiger partial charge in [0, 0.05) is 6.20 Å². The highest BCUT2D eigenvalue weighted by molar-refractivity contribution is 5.93. The van der Waals surface area contributed by atoms with Gasteiger partial charge in [-0.3, -0.25) is 9.78 Å². The monoisotopic (exact) mass is 269 g/mol. The Bertz CT molecular complexity index is 628. The number of amides is 1. The minimum atomic E-state index is -0.367. The zero-order valence-electron chi connectivity index (χ0n) is 11.3. The fourth-order valence-corrected chi connectivity index (χ4v) is 1.78. The molecule has 2 aromatic rings. The van der Waals surface area contributed by atoms with Crippen molar-refractivity contribution in [1.29, 1.82) is 0 Å². The van der Waals surface area contributed by atoms with E-state index in [0.717, 1.165) is 16.7 Å². The van der Waals surface area contributed by atoms with Crippen LogP contribution in [0.15, 0.2) is 41.6 Å². The zero-order valence-corrected chi connectivity index (χ0v) is 11.3. The van der Waals surface area contributed by atoms with Gasteiger partial charge in [0.2, 0.25) is 0 Å². The van der Waals surface area contributed by atoms with Crippen molar-refractivity contribution in [3.05, 3.63) is 58.9 Å². The highest BCUT2D eigenvalue weighted by Crippen LogP contribution is 2.21.